The molecule has 2 heteroatoms. The van der Waals surface area contributed by atoms with Gasteiger partial charge < -0.3 is 4.42 Å². The first-order valence-corrected chi connectivity index (χ1v) is 2.61. The van der Waals surface area contributed by atoms with Crippen LogP contribution in [0, 0.1) is 6.01 Å². The third-order valence-electron chi connectivity index (χ3n) is 0.994. The van der Waals surface area contributed by atoms with E-state index in [0.29, 0.717) is 5.76 Å². The molecule has 0 amide bonds. The average Bonchev–Trinajstić information content (AvgIpc) is 2.14. The second kappa shape index (κ2) is 2.05. The molecular weight excluding hydrogens is 119 g/mol. The predicted molar refractivity (Wildman–Crippen MR) is 33.4 cm³/mol. The molecule has 0 radical (unpaired) electrons. The van der Waals surface area contributed by atoms with Crippen LogP contribution in [0.3, 0.4) is 0 Å². The fraction of sp³-hybridized carbons (Fsp3) is 0.143. The van der Waals surface area contributed by atoms with Gasteiger partial charge in [0.05, 0.1) is 0 Å². The molecule has 0 atom stereocenters. The van der Waals surface area contributed by atoms with Crippen LogP contribution >= 0.6 is 0 Å². The summed E-state index contributed by atoms with van der Waals surface area (Å²) in [6.07, 6.45) is 0. The third kappa shape index (κ3) is 1.19. The maximum Gasteiger partial charge on any atom is 0.278 e. The lowest BCUT2D eigenvalue weighted by atomic mass is 10.3. The molecule has 0 bridgehead atoms. The molecule has 1 aromatic rings. The van der Waals surface area contributed by atoms with E-state index in [0.717, 1.165) is 5.57 Å². The fourth-order valence-corrected chi connectivity index (χ4v) is 0.544. The lowest BCUT2D eigenvalue weighted by Crippen LogP contribution is -1.66. The Balaban J connectivity index is 2.98. The van der Waals surface area contributed by atoms with Gasteiger partial charge in [-0.25, -0.2) is 0 Å². The Labute approximate surface area is 52.8 Å². The zero-order valence-electron chi connectivity index (χ0n) is 5.15. The summed E-state index contributed by atoms with van der Waals surface area (Å²) in [4.78, 5) is 0. The highest BCUT2D eigenvalue weighted by Gasteiger charge is 1.98. The van der Waals surface area contributed by atoms with Crippen molar-refractivity contribution < 1.29 is 8.81 Å². The van der Waals surface area contributed by atoms with E-state index >= 15 is 0 Å². The quantitative estimate of drug-likeness (QED) is 0.563. The SMILES string of the molecule is C=C(C)c1ccc(F)o1. The Morgan fingerprint density at radius 1 is 1.67 bits per heavy atom. The molecule has 1 aromatic heterocycles. The summed E-state index contributed by atoms with van der Waals surface area (Å²) < 4.78 is 16.7. The summed E-state index contributed by atoms with van der Waals surface area (Å²) in [5.41, 5.74) is 0.735. The van der Waals surface area contributed by atoms with Crippen LogP contribution in [0.1, 0.15) is 12.7 Å². The van der Waals surface area contributed by atoms with Crippen molar-refractivity contribution in [2.45, 2.75) is 6.92 Å². The largest absolute Gasteiger partial charge is 0.431 e. The molecule has 0 aliphatic heterocycles. The van der Waals surface area contributed by atoms with E-state index in [9.17, 15) is 4.39 Å². The Kier molecular flexibility index (Phi) is 1.39. The Hall–Kier alpha value is -1.05. The summed E-state index contributed by atoms with van der Waals surface area (Å²) in [5.74, 6) is 0.507. The van der Waals surface area contributed by atoms with Crippen LogP contribution in [0.15, 0.2) is 23.1 Å². The molecule has 48 valence electrons. The Morgan fingerprint density at radius 3 is 2.56 bits per heavy atom. The van der Waals surface area contributed by atoms with Gasteiger partial charge in [0.25, 0.3) is 6.01 Å². The van der Waals surface area contributed by atoms with Crippen molar-refractivity contribution in [3.05, 3.63) is 30.5 Å². The lowest BCUT2D eigenvalue weighted by molar-refractivity contribution is 0.353. The van der Waals surface area contributed by atoms with Gasteiger partial charge in [-0.1, -0.05) is 6.58 Å². The van der Waals surface area contributed by atoms with Crippen molar-refractivity contribution in [1.29, 1.82) is 0 Å². The third-order valence-corrected chi connectivity index (χ3v) is 0.994. The monoisotopic (exact) mass is 126 g/mol. The molecule has 9 heavy (non-hydrogen) atoms. The van der Waals surface area contributed by atoms with E-state index < -0.39 is 6.01 Å². The minimum atomic E-state index is -0.562. The van der Waals surface area contributed by atoms with Crippen LogP contribution in [-0.2, 0) is 0 Å². The van der Waals surface area contributed by atoms with Crippen molar-refractivity contribution >= 4 is 5.57 Å². The van der Waals surface area contributed by atoms with Gasteiger partial charge >= 0.3 is 0 Å². The highest BCUT2D eigenvalue weighted by Crippen LogP contribution is 2.13. The maximum absolute atomic E-state index is 12.1. The zero-order chi connectivity index (χ0) is 6.85. The first kappa shape index (κ1) is 6.08. The van der Waals surface area contributed by atoms with Crippen LogP contribution in [-0.4, -0.2) is 0 Å². The molecular formula is C7H7FO. The normalized spacial score (nSPS) is 9.56. The summed E-state index contributed by atoms with van der Waals surface area (Å²) in [6.45, 7) is 5.34. The number of rotatable bonds is 1. The molecule has 1 rings (SSSR count). The van der Waals surface area contributed by atoms with Crippen molar-refractivity contribution in [3.63, 3.8) is 0 Å². The topological polar surface area (TPSA) is 13.1 Å². The molecule has 0 spiro atoms. The summed E-state index contributed by atoms with van der Waals surface area (Å²) >= 11 is 0. The van der Waals surface area contributed by atoms with Crippen molar-refractivity contribution in [3.8, 4) is 0 Å². The number of furan rings is 1. The highest BCUT2D eigenvalue weighted by atomic mass is 19.1. The van der Waals surface area contributed by atoms with Crippen LogP contribution in [0.2, 0.25) is 0 Å². The van der Waals surface area contributed by atoms with E-state index in [4.69, 9.17) is 0 Å². The van der Waals surface area contributed by atoms with Gasteiger partial charge in [0.2, 0.25) is 0 Å². The Morgan fingerprint density at radius 2 is 2.33 bits per heavy atom. The smallest absolute Gasteiger partial charge is 0.278 e. The molecule has 1 heterocycles. The second-order valence-corrected chi connectivity index (χ2v) is 1.88. The summed E-state index contributed by atoms with van der Waals surface area (Å²) in [6, 6.07) is 2.26. The minimum absolute atomic E-state index is 0.507. The van der Waals surface area contributed by atoms with Gasteiger partial charge in [-0.05, 0) is 18.6 Å². The number of hydrogen-bond donors (Lipinski definition) is 0. The number of hydrogen-bond acceptors (Lipinski definition) is 1. The molecule has 0 aromatic carbocycles. The molecule has 0 saturated heterocycles. The molecule has 1 nitrogen and oxygen atoms in total. The lowest BCUT2D eigenvalue weighted by Gasteiger charge is -1.87. The predicted octanol–water partition coefficient (Wildman–Crippen LogP) is 2.45. The van der Waals surface area contributed by atoms with Gasteiger partial charge in [0.1, 0.15) is 5.76 Å². The number of allylic oxidation sites excluding steroid dienone is 1. The van der Waals surface area contributed by atoms with Gasteiger partial charge in [0.15, 0.2) is 0 Å². The highest BCUT2D eigenvalue weighted by molar-refractivity contribution is 5.55. The summed E-state index contributed by atoms with van der Waals surface area (Å²) in [5, 5.41) is 0. The van der Waals surface area contributed by atoms with E-state index in [1.54, 1.807) is 13.0 Å². The van der Waals surface area contributed by atoms with Crippen LogP contribution < -0.4 is 0 Å². The van der Waals surface area contributed by atoms with Gasteiger partial charge in [0, 0.05) is 6.07 Å². The average molecular weight is 126 g/mol. The standard InChI is InChI=1S/C7H7FO/c1-5(2)6-3-4-7(8)9-6/h3-4H,1H2,2H3. The van der Waals surface area contributed by atoms with Crippen molar-refractivity contribution in [2.75, 3.05) is 0 Å². The van der Waals surface area contributed by atoms with Crippen LogP contribution in [0.25, 0.3) is 5.57 Å². The van der Waals surface area contributed by atoms with Gasteiger partial charge in [-0.15, -0.1) is 0 Å². The van der Waals surface area contributed by atoms with Crippen LogP contribution in [0.4, 0.5) is 4.39 Å². The molecule has 0 saturated carbocycles. The van der Waals surface area contributed by atoms with Crippen LogP contribution in [0.5, 0.6) is 0 Å². The molecule has 0 aliphatic rings. The van der Waals surface area contributed by atoms with E-state index in [1.165, 1.54) is 6.07 Å². The van der Waals surface area contributed by atoms with Crippen molar-refractivity contribution in [2.24, 2.45) is 0 Å². The van der Waals surface area contributed by atoms with Gasteiger partial charge in [-0.3, -0.25) is 0 Å². The second-order valence-electron chi connectivity index (χ2n) is 1.88. The Bertz CT molecular complexity index is 225. The minimum Gasteiger partial charge on any atom is -0.431 e. The van der Waals surface area contributed by atoms with Crippen molar-refractivity contribution in [1.82, 2.24) is 0 Å². The fourth-order valence-electron chi connectivity index (χ4n) is 0.544. The molecule has 0 N–H and O–H groups in total. The zero-order valence-corrected chi connectivity index (χ0v) is 5.15. The number of halogens is 1. The van der Waals surface area contributed by atoms with E-state index in [2.05, 4.69) is 11.0 Å². The first-order valence-electron chi connectivity index (χ1n) is 2.61. The first-order chi connectivity index (χ1) is 4.20. The van der Waals surface area contributed by atoms with E-state index in [1.807, 2.05) is 0 Å². The summed E-state index contributed by atoms with van der Waals surface area (Å²) in [7, 11) is 0. The maximum atomic E-state index is 12.1. The molecule has 0 aliphatic carbocycles. The van der Waals surface area contributed by atoms with E-state index in [-0.39, 0.29) is 0 Å². The molecule has 0 unspecified atom stereocenters. The van der Waals surface area contributed by atoms with Gasteiger partial charge in [-0.2, -0.15) is 4.39 Å². The molecule has 0 fully saturated rings.